The van der Waals surface area contributed by atoms with Crippen LogP contribution in [0.4, 0.5) is 10.5 Å². The van der Waals surface area contributed by atoms with Crippen LogP contribution in [0.3, 0.4) is 0 Å². The lowest BCUT2D eigenvalue weighted by Crippen LogP contribution is -2.42. The summed E-state index contributed by atoms with van der Waals surface area (Å²) in [7, 11) is 0. The first kappa shape index (κ1) is 17.8. The number of benzene rings is 1. The second kappa shape index (κ2) is 8.24. The van der Waals surface area contributed by atoms with Crippen LogP contribution in [0.1, 0.15) is 20.8 Å². The molecule has 21 heavy (non-hydrogen) atoms. The zero-order chi connectivity index (χ0) is 16.0. The summed E-state index contributed by atoms with van der Waals surface area (Å²) < 4.78 is 5.63. The number of rotatable bonds is 5. The Morgan fingerprint density at radius 2 is 2.00 bits per heavy atom. The van der Waals surface area contributed by atoms with Gasteiger partial charge in [0.1, 0.15) is 6.04 Å². The lowest BCUT2D eigenvalue weighted by atomic mass is 10.2. The van der Waals surface area contributed by atoms with E-state index in [0.717, 1.165) is 0 Å². The molecule has 1 unspecified atom stereocenters. The maximum atomic E-state index is 12.0. The second-order valence-corrected chi connectivity index (χ2v) is 6.24. The Bertz CT molecular complexity index is 523. The van der Waals surface area contributed by atoms with E-state index < -0.39 is 12.1 Å². The quantitative estimate of drug-likeness (QED) is 0.820. The van der Waals surface area contributed by atoms with Gasteiger partial charge in [0.15, 0.2) is 0 Å². The molecule has 0 saturated carbocycles. The average molecular weight is 378 g/mol. The fraction of sp³-hybridized carbons (Fsp3) is 0.429. The summed E-state index contributed by atoms with van der Waals surface area (Å²) >= 11 is 9.15. The lowest BCUT2D eigenvalue weighted by Gasteiger charge is -2.15. The van der Waals surface area contributed by atoms with Crippen molar-refractivity contribution >= 4 is 45.2 Å². The SMILES string of the molecule is CC(C)COC(=O)NC(C)C(=O)Nc1ccc(Cl)c(Br)c1. The number of carbonyl (C=O) groups excluding carboxylic acids is 2. The van der Waals surface area contributed by atoms with Crippen molar-refractivity contribution in [3.8, 4) is 0 Å². The predicted octanol–water partition coefficient (Wildman–Crippen LogP) is 3.81. The number of carbonyl (C=O) groups is 2. The van der Waals surface area contributed by atoms with Gasteiger partial charge in [-0.1, -0.05) is 25.4 Å². The third kappa shape index (κ3) is 6.35. The molecule has 5 nitrogen and oxygen atoms in total. The van der Waals surface area contributed by atoms with Gasteiger partial charge in [0, 0.05) is 10.2 Å². The number of ether oxygens (including phenoxy) is 1. The van der Waals surface area contributed by atoms with E-state index in [-0.39, 0.29) is 11.8 Å². The molecule has 1 rings (SSSR count). The van der Waals surface area contributed by atoms with Crippen LogP contribution in [-0.4, -0.2) is 24.6 Å². The van der Waals surface area contributed by atoms with Crippen LogP contribution < -0.4 is 10.6 Å². The van der Waals surface area contributed by atoms with Crippen molar-refractivity contribution in [2.45, 2.75) is 26.8 Å². The Hall–Kier alpha value is -1.27. The predicted molar refractivity (Wildman–Crippen MR) is 86.6 cm³/mol. The third-order valence-electron chi connectivity index (χ3n) is 2.46. The number of hydrogen-bond acceptors (Lipinski definition) is 3. The molecular weight excluding hydrogens is 360 g/mol. The molecular formula is C14H18BrClN2O3. The van der Waals surface area contributed by atoms with Crippen LogP contribution in [0.25, 0.3) is 0 Å². The molecule has 0 aliphatic rings. The van der Waals surface area contributed by atoms with Crippen molar-refractivity contribution in [1.29, 1.82) is 0 Å². The van der Waals surface area contributed by atoms with Crippen molar-refractivity contribution in [2.24, 2.45) is 5.92 Å². The van der Waals surface area contributed by atoms with E-state index in [1.54, 1.807) is 25.1 Å². The van der Waals surface area contributed by atoms with Gasteiger partial charge in [-0.25, -0.2) is 4.79 Å². The van der Waals surface area contributed by atoms with Crippen LogP contribution in [0, 0.1) is 5.92 Å². The van der Waals surface area contributed by atoms with Crippen LogP contribution >= 0.6 is 27.5 Å². The van der Waals surface area contributed by atoms with Crippen molar-refractivity contribution in [2.75, 3.05) is 11.9 Å². The van der Waals surface area contributed by atoms with E-state index in [1.807, 2.05) is 13.8 Å². The van der Waals surface area contributed by atoms with Gasteiger partial charge in [0.25, 0.3) is 0 Å². The zero-order valence-electron chi connectivity index (χ0n) is 12.1. The molecule has 2 N–H and O–H groups in total. The normalized spacial score (nSPS) is 11.9. The molecule has 1 atom stereocenters. The van der Waals surface area contributed by atoms with Crippen molar-refractivity contribution < 1.29 is 14.3 Å². The van der Waals surface area contributed by atoms with E-state index in [9.17, 15) is 9.59 Å². The van der Waals surface area contributed by atoms with Crippen LogP contribution in [0.2, 0.25) is 5.02 Å². The molecule has 0 aliphatic carbocycles. The number of halogens is 2. The molecule has 0 radical (unpaired) electrons. The van der Waals surface area contributed by atoms with E-state index in [1.165, 1.54) is 0 Å². The molecule has 1 aromatic carbocycles. The average Bonchev–Trinajstić information content (AvgIpc) is 2.40. The van der Waals surface area contributed by atoms with E-state index in [2.05, 4.69) is 26.6 Å². The standard InChI is InChI=1S/C14H18BrClN2O3/c1-8(2)7-21-14(20)17-9(3)13(19)18-10-4-5-12(16)11(15)6-10/h4-6,8-9H,7H2,1-3H3,(H,17,20)(H,18,19). The second-order valence-electron chi connectivity index (χ2n) is 4.98. The van der Waals surface area contributed by atoms with E-state index in [4.69, 9.17) is 16.3 Å². The van der Waals surface area contributed by atoms with E-state index >= 15 is 0 Å². The molecule has 0 saturated heterocycles. The minimum atomic E-state index is -0.709. The van der Waals surface area contributed by atoms with Crippen LogP contribution in [-0.2, 0) is 9.53 Å². The Morgan fingerprint density at radius 3 is 2.57 bits per heavy atom. The minimum absolute atomic E-state index is 0.242. The van der Waals surface area contributed by atoms with Crippen LogP contribution in [0.5, 0.6) is 0 Å². The Labute approximate surface area is 137 Å². The molecule has 1 aromatic rings. The number of nitrogens with one attached hydrogen (secondary N) is 2. The maximum Gasteiger partial charge on any atom is 0.407 e. The molecule has 0 fully saturated rings. The van der Waals surface area contributed by atoms with Gasteiger partial charge in [-0.15, -0.1) is 0 Å². The summed E-state index contributed by atoms with van der Waals surface area (Å²) in [6.45, 7) is 5.75. The van der Waals surface area contributed by atoms with Crippen molar-refractivity contribution in [3.05, 3.63) is 27.7 Å². The molecule has 0 aromatic heterocycles. The third-order valence-corrected chi connectivity index (χ3v) is 3.68. The first-order chi connectivity index (χ1) is 9.79. The fourth-order valence-corrected chi connectivity index (χ4v) is 1.85. The molecule has 2 amide bonds. The van der Waals surface area contributed by atoms with Crippen LogP contribution in [0.15, 0.2) is 22.7 Å². The number of amides is 2. The van der Waals surface area contributed by atoms with Crippen molar-refractivity contribution in [3.63, 3.8) is 0 Å². The van der Waals surface area contributed by atoms with E-state index in [0.29, 0.717) is 21.8 Å². The zero-order valence-corrected chi connectivity index (χ0v) is 14.4. The number of alkyl carbamates (subject to hydrolysis) is 1. The Morgan fingerprint density at radius 1 is 1.33 bits per heavy atom. The minimum Gasteiger partial charge on any atom is -0.449 e. The van der Waals surface area contributed by atoms with Gasteiger partial charge >= 0.3 is 6.09 Å². The van der Waals surface area contributed by atoms with Gasteiger partial charge < -0.3 is 15.4 Å². The van der Waals surface area contributed by atoms with Gasteiger partial charge in [-0.2, -0.15) is 0 Å². The van der Waals surface area contributed by atoms with Gasteiger partial charge in [0.2, 0.25) is 5.91 Å². The summed E-state index contributed by atoms with van der Waals surface area (Å²) in [5.41, 5.74) is 0.584. The first-order valence-electron chi connectivity index (χ1n) is 6.48. The number of anilines is 1. The van der Waals surface area contributed by atoms with Gasteiger partial charge in [-0.3, -0.25) is 4.79 Å². The summed E-state index contributed by atoms with van der Waals surface area (Å²) in [4.78, 5) is 23.4. The number of hydrogen-bond donors (Lipinski definition) is 2. The van der Waals surface area contributed by atoms with Gasteiger partial charge in [-0.05, 0) is 47.0 Å². The Kier molecular flexibility index (Phi) is 6.98. The monoisotopic (exact) mass is 376 g/mol. The molecule has 0 spiro atoms. The molecule has 0 bridgehead atoms. The highest BCUT2D eigenvalue weighted by molar-refractivity contribution is 9.10. The summed E-state index contributed by atoms with van der Waals surface area (Å²) in [6, 6.07) is 4.31. The summed E-state index contributed by atoms with van der Waals surface area (Å²) in [5.74, 6) is -0.1000. The first-order valence-corrected chi connectivity index (χ1v) is 7.66. The van der Waals surface area contributed by atoms with Crippen molar-refractivity contribution in [1.82, 2.24) is 5.32 Å². The molecule has 0 aliphatic heterocycles. The lowest BCUT2D eigenvalue weighted by molar-refractivity contribution is -0.117. The smallest absolute Gasteiger partial charge is 0.407 e. The highest BCUT2D eigenvalue weighted by Crippen LogP contribution is 2.25. The fourth-order valence-electron chi connectivity index (χ4n) is 1.35. The molecule has 116 valence electrons. The Balaban J connectivity index is 2.50. The maximum absolute atomic E-state index is 12.0. The topological polar surface area (TPSA) is 67.4 Å². The summed E-state index contributed by atoms with van der Waals surface area (Å²) in [5, 5.41) is 5.70. The highest BCUT2D eigenvalue weighted by Gasteiger charge is 2.17. The molecule has 7 heteroatoms. The van der Waals surface area contributed by atoms with Gasteiger partial charge in [0.05, 0.1) is 11.6 Å². The summed E-state index contributed by atoms with van der Waals surface area (Å²) in [6.07, 6.45) is -0.608. The molecule has 0 heterocycles. The largest absolute Gasteiger partial charge is 0.449 e. The highest BCUT2D eigenvalue weighted by atomic mass is 79.9.